The summed E-state index contributed by atoms with van der Waals surface area (Å²) < 4.78 is 38.3. The SMILES string of the molecule is CNc1ccc(C(F)(F)P)c(F)c1. The van der Waals surface area contributed by atoms with E-state index < -0.39 is 17.0 Å². The molecule has 0 saturated heterocycles. The largest absolute Gasteiger partial charge is 0.388 e. The normalized spacial score (nSPS) is 11.5. The van der Waals surface area contributed by atoms with Crippen molar-refractivity contribution in [1.29, 1.82) is 0 Å². The molecule has 0 saturated carbocycles. The summed E-state index contributed by atoms with van der Waals surface area (Å²) in [6, 6.07) is 3.50. The van der Waals surface area contributed by atoms with E-state index in [1.54, 1.807) is 7.05 Å². The highest BCUT2D eigenvalue weighted by Gasteiger charge is 2.28. The first-order valence-electron chi connectivity index (χ1n) is 3.59. The molecule has 0 bridgehead atoms. The van der Waals surface area contributed by atoms with Gasteiger partial charge in [0.15, 0.2) is 0 Å². The summed E-state index contributed by atoms with van der Waals surface area (Å²) >= 11 is 0. The van der Waals surface area contributed by atoms with Crippen LogP contribution in [-0.4, -0.2) is 7.05 Å². The van der Waals surface area contributed by atoms with Crippen molar-refractivity contribution in [2.24, 2.45) is 0 Å². The van der Waals surface area contributed by atoms with E-state index in [9.17, 15) is 13.2 Å². The average Bonchev–Trinajstić information content (AvgIpc) is 2.01. The molecule has 0 aromatic heterocycles. The van der Waals surface area contributed by atoms with Crippen molar-refractivity contribution in [2.75, 3.05) is 12.4 Å². The van der Waals surface area contributed by atoms with Crippen molar-refractivity contribution in [3.8, 4) is 0 Å². The summed E-state index contributed by atoms with van der Waals surface area (Å²) in [5.41, 5.74) is -3.36. The zero-order valence-corrected chi connectivity index (χ0v) is 8.10. The molecule has 0 radical (unpaired) electrons. The Morgan fingerprint density at radius 3 is 2.38 bits per heavy atom. The van der Waals surface area contributed by atoms with Crippen LogP contribution in [0.3, 0.4) is 0 Å². The summed E-state index contributed by atoms with van der Waals surface area (Å²) in [5, 5.41) is 2.65. The van der Waals surface area contributed by atoms with Crippen LogP contribution in [0.4, 0.5) is 18.9 Å². The van der Waals surface area contributed by atoms with Gasteiger partial charge in [-0.2, -0.15) is 8.78 Å². The first-order valence-corrected chi connectivity index (χ1v) is 4.17. The smallest absolute Gasteiger partial charge is 0.286 e. The zero-order chi connectivity index (χ0) is 10.1. The molecule has 0 fully saturated rings. The van der Waals surface area contributed by atoms with Crippen molar-refractivity contribution in [2.45, 2.75) is 5.66 Å². The summed E-state index contributed by atoms with van der Waals surface area (Å²) in [5.74, 6) is -0.910. The van der Waals surface area contributed by atoms with E-state index in [0.29, 0.717) is 5.69 Å². The molecule has 1 aromatic rings. The third-order valence-electron chi connectivity index (χ3n) is 1.62. The highest BCUT2D eigenvalue weighted by molar-refractivity contribution is 7.17. The number of benzene rings is 1. The summed E-state index contributed by atoms with van der Waals surface area (Å²) in [6.07, 6.45) is 0. The van der Waals surface area contributed by atoms with E-state index in [1.165, 1.54) is 15.3 Å². The first-order chi connectivity index (χ1) is 5.95. The fraction of sp³-hybridized carbons (Fsp3) is 0.250. The fourth-order valence-electron chi connectivity index (χ4n) is 0.941. The van der Waals surface area contributed by atoms with E-state index in [4.69, 9.17) is 0 Å². The topological polar surface area (TPSA) is 12.0 Å². The number of rotatable bonds is 2. The maximum absolute atomic E-state index is 13.0. The summed E-state index contributed by atoms with van der Waals surface area (Å²) in [4.78, 5) is 0. The molecule has 0 aliphatic heterocycles. The van der Waals surface area contributed by atoms with Crippen molar-refractivity contribution in [3.05, 3.63) is 29.6 Å². The van der Waals surface area contributed by atoms with Crippen LogP contribution in [0, 0.1) is 5.82 Å². The molecular weight excluding hydrogens is 198 g/mol. The molecule has 1 N–H and O–H groups in total. The average molecular weight is 207 g/mol. The van der Waals surface area contributed by atoms with E-state index in [1.807, 2.05) is 0 Å². The molecule has 0 aliphatic rings. The standard InChI is InChI=1S/C8H9F3NP/c1-12-5-2-3-6(7(9)4-5)8(10,11)13/h2-4,12H,13H2,1H3. The Morgan fingerprint density at radius 1 is 1.38 bits per heavy atom. The molecule has 1 nitrogen and oxygen atoms in total. The Kier molecular flexibility index (Phi) is 2.81. The Morgan fingerprint density at radius 2 is 2.00 bits per heavy atom. The number of anilines is 1. The van der Waals surface area contributed by atoms with E-state index in [2.05, 4.69) is 5.32 Å². The molecule has 0 heterocycles. The molecule has 5 heteroatoms. The minimum absolute atomic E-state index is 0.468. The van der Waals surface area contributed by atoms with Gasteiger partial charge in [-0.1, -0.05) is 9.24 Å². The predicted octanol–water partition coefficient (Wildman–Crippen LogP) is 2.79. The molecule has 1 aromatic carbocycles. The van der Waals surface area contributed by atoms with Crippen LogP contribution in [0.5, 0.6) is 0 Å². The first kappa shape index (κ1) is 10.3. The van der Waals surface area contributed by atoms with Gasteiger partial charge in [0.2, 0.25) is 0 Å². The lowest BCUT2D eigenvalue weighted by molar-refractivity contribution is 0.0993. The minimum Gasteiger partial charge on any atom is -0.388 e. The molecule has 1 rings (SSSR count). The minimum atomic E-state index is -3.21. The van der Waals surface area contributed by atoms with Gasteiger partial charge in [0.25, 0.3) is 5.66 Å². The molecule has 72 valence electrons. The van der Waals surface area contributed by atoms with Gasteiger partial charge in [0.05, 0.1) is 5.56 Å². The van der Waals surface area contributed by atoms with Gasteiger partial charge in [0, 0.05) is 12.7 Å². The van der Waals surface area contributed by atoms with Gasteiger partial charge in [-0.15, -0.1) is 0 Å². The van der Waals surface area contributed by atoms with E-state index in [0.717, 1.165) is 12.1 Å². The Bertz CT molecular complexity index is 309. The second-order valence-electron chi connectivity index (χ2n) is 2.57. The molecule has 0 amide bonds. The highest BCUT2D eigenvalue weighted by atomic mass is 31.0. The van der Waals surface area contributed by atoms with Gasteiger partial charge < -0.3 is 5.32 Å². The summed E-state index contributed by atoms with van der Waals surface area (Å²) in [7, 11) is 2.89. The van der Waals surface area contributed by atoms with Crippen molar-refractivity contribution >= 4 is 14.9 Å². The summed E-state index contributed by atoms with van der Waals surface area (Å²) in [6.45, 7) is 0. The quantitative estimate of drug-likeness (QED) is 0.735. The van der Waals surface area contributed by atoms with E-state index >= 15 is 0 Å². The predicted molar refractivity (Wildman–Crippen MR) is 49.6 cm³/mol. The monoisotopic (exact) mass is 207 g/mol. The maximum Gasteiger partial charge on any atom is 0.286 e. The van der Waals surface area contributed by atoms with Gasteiger partial charge in [0.1, 0.15) is 5.82 Å². The van der Waals surface area contributed by atoms with Gasteiger partial charge in [-0.05, 0) is 18.2 Å². The fourth-order valence-corrected chi connectivity index (χ4v) is 1.18. The molecule has 1 unspecified atom stereocenters. The maximum atomic E-state index is 13.0. The van der Waals surface area contributed by atoms with Gasteiger partial charge >= 0.3 is 0 Å². The number of halogens is 3. The van der Waals surface area contributed by atoms with Crippen LogP contribution in [-0.2, 0) is 5.66 Å². The molecule has 1 atom stereocenters. The van der Waals surface area contributed by atoms with Crippen LogP contribution in [0.1, 0.15) is 5.56 Å². The number of alkyl halides is 2. The lowest BCUT2D eigenvalue weighted by Gasteiger charge is -2.12. The lowest BCUT2D eigenvalue weighted by atomic mass is 10.2. The van der Waals surface area contributed by atoms with Crippen LogP contribution < -0.4 is 5.32 Å². The molecule has 0 spiro atoms. The highest BCUT2D eigenvalue weighted by Crippen LogP contribution is 2.36. The Balaban J connectivity index is 3.13. The van der Waals surface area contributed by atoms with Crippen LogP contribution in [0.25, 0.3) is 0 Å². The molecule has 0 aliphatic carbocycles. The number of nitrogens with one attached hydrogen (secondary N) is 1. The third-order valence-corrected chi connectivity index (χ3v) is 1.93. The van der Waals surface area contributed by atoms with Crippen molar-refractivity contribution in [3.63, 3.8) is 0 Å². The Hall–Kier alpha value is -0.760. The van der Waals surface area contributed by atoms with Crippen molar-refractivity contribution < 1.29 is 13.2 Å². The van der Waals surface area contributed by atoms with Crippen LogP contribution in [0.15, 0.2) is 18.2 Å². The third kappa shape index (κ3) is 2.34. The van der Waals surface area contributed by atoms with Crippen LogP contribution in [0.2, 0.25) is 0 Å². The number of hydrogen-bond acceptors (Lipinski definition) is 1. The second kappa shape index (κ2) is 3.54. The van der Waals surface area contributed by atoms with Gasteiger partial charge in [-0.3, -0.25) is 0 Å². The number of hydrogen-bond donors (Lipinski definition) is 1. The van der Waals surface area contributed by atoms with Crippen molar-refractivity contribution in [1.82, 2.24) is 0 Å². The Labute approximate surface area is 76.5 Å². The van der Waals surface area contributed by atoms with E-state index in [-0.39, 0.29) is 0 Å². The molecular formula is C8H9F3NP. The lowest BCUT2D eigenvalue weighted by Crippen LogP contribution is -2.06. The van der Waals surface area contributed by atoms with Crippen LogP contribution >= 0.6 is 9.24 Å². The zero-order valence-electron chi connectivity index (χ0n) is 6.94. The van der Waals surface area contributed by atoms with Gasteiger partial charge in [-0.25, -0.2) is 4.39 Å². The second-order valence-corrected chi connectivity index (χ2v) is 3.29. The molecule has 13 heavy (non-hydrogen) atoms.